The summed E-state index contributed by atoms with van der Waals surface area (Å²) in [5.74, 6) is -3.07. The number of aliphatic carboxylic acids is 1. The Kier molecular flexibility index (Phi) is 6.83. The van der Waals surface area contributed by atoms with Gasteiger partial charge in [0.25, 0.3) is 11.6 Å². The molecule has 1 atom stereocenters. The minimum absolute atomic E-state index is 0.151. The zero-order chi connectivity index (χ0) is 19.2. The summed E-state index contributed by atoms with van der Waals surface area (Å²) in [5, 5.41) is 24.3. The van der Waals surface area contributed by atoms with Gasteiger partial charge in [0.2, 0.25) is 5.91 Å². The van der Waals surface area contributed by atoms with Crippen LogP contribution in [-0.2, 0) is 14.3 Å². The monoisotopic (exact) mass is 373 g/mol. The van der Waals surface area contributed by atoms with Crippen LogP contribution >= 0.6 is 11.6 Å². The van der Waals surface area contributed by atoms with E-state index in [4.69, 9.17) is 21.4 Å². The number of carboxylic acids is 1. The van der Waals surface area contributed by atoms with Crippen LogP contribution in [0.5, 0.6) is 0 Å². The average molecular weight is 374 g/mol. The van der Waals surface area contributed by atoms with E-state index >= 15 is 0 Å². The normalized spacial score (nSPS) is 12.8. The Hall–Kier alpha value is -2.72. The number of hydrogen-bond acceptors (Lipinski definition) is 6. The molecule has 0 spiro atoms. The summed E-state index contributed by atoms with van der Waals surface area (Å²) in [4.78, 5) is 45.3. The highest BCUT2D eigenvalue weighted by atomic mass is 35.5. The van der Waals surface area contributed by atoms with Gasteiger partial charge in [0.05, 0.1) is 23.1 Å². The summed E-state index contributed by atoms with van der Waals surface area (Å²) in [6.07, 6.45) is 0. The molecule has 0 aromatic heterocycles. The van der Waals surface area contributed by atoms with Crippen LogP contribution in [0.25, 0.3) is 0 Å². The van der Waals surface area contributed by atoms with Gasteiger partial charge < -0.3 is 20.5 Å². The molecule has 1 aromatic rings. The Bertz CT molecular complexity index is 710. The van der Waals surface area contributed by atoms with E-state index in [2.05, 4.69) is 10.6 Å². The fourth-order valence-electron chi connectivity index (χ4n) is 1.93. The summed E-state index contributed by atoms with van der Waals surface area (Å²) in [6.45, 7) is 0.337. The van der Waals surface area contributed by atoms with Crippen molar-refractivity contribution in [2.75, 3.05) is 20.3 Å². The van der Waals surface area contributed by atoms with Gasteiger partial charge in [-0.3, -0.25) is 19.7 Å². The zero-order valence-electron chi connectivity index (χ0n) is 13.4. The molecule has 0 aliphatic carbocycles. The fraction of sp³-hybridized carbons (Fsp3) is 0.357. The molecule has 0 aliphatic heterocycles. The van der Waals surface area contributed by atoms with Gasteiger partial charge in [0.15, 0.2) is 5.54 Å². The lowest BCUT2D eigenvalue weighted by Gasteiger charge is -2.25. The number of nitrogens with zero attached hydrogens (tertiary/aromatic N) is 1. The van der Waals surface area contributed by atoms with Crippen molar-refractivity contribution in [1.29, 1.82) is 0 Å². The SMILES string of the molecule is COCC(C)(NC(=O)CNC(=O)c1c(Cl)cccc1[N+](=O)[O-])C(=O)O. The number of amides is 2. The molecule has 0 fully saturated rings. The van der Waals surface area contributed by atoms with Crippen molar-refractivity contribution >= 4 is 35.1 Å². The first-order chi connectivity index (χ1) is 11.6. The number of carboxylic acid groups (broad SMARTS) is 1. The van der Waals surface area contributed by atoms with Gasteiger partial charge in [0.1, 0.15) is 5.56 Å². The smallest absolute Gasteiger partial charge is 0.331 e. The topological polar surface area (TPSA) is 148 Å². The first-order valence-corrected chi connectivity index (χ1v) is 7.24. The molecule has 1 aromatic carbocycles. The molecule has 3 N–H and O–H groups in total. The molecule has 1 unspecified atom stereocenters. The van der Waals surface area contributed by atoms with Gasteiger partial charge in [-0.1, -0.05) is 17.7 Å². The fourth-order valence-corrected chi connectivity index (χ4v) is 2.19. The predicted octanol–water partition coefficient (Wildman–Crippen LogP) is 0.584. The van der Waals surface area contributed by atoms with E-state index < -0.39 is 40.5 Å². The maximum absolute atomic E-state index is 12.1. The molecular weight excluding hydrogens is 358 g/mol. The molecule has 136 valence electrons. The standard InChI is InChI=1S/C14H16ClN3O7/c1-14(7-25-2,13(21)22)17-10(19)6-16-12(20)11-8(15)4-3-5-9(11)18(23)24/h3-5H,6-7H2,1-2H3,(H,16,20)(H,17,19)(H,21,22). The average Bonchev–Trinajstić information content (AvgIpc) is 2.52. The van der Waals surface area contributed by atoms with Gasteiger partial charge in [0, 0.05) is 13.2 Å². The lowest BCUT2D eigenvalue weighted by Crippen LogP contribution is -2.57. The van der Waals surface area contributed by atoms with Gasteiger partial charge >= 0.3 is 5.97 Å². The lowest BCUT2D eigenvalue weighted by atomic mass is 10.0. The maximum atomic E-state index is 12.1. The highest BCUT2D eigenvalue weighted by molar-refractivity contribution is 6.34. The minimum atomic E-state index is -1.69. The molecule has 0 radical (unpaired) electrons. The summed E-state index contributed by atoms with van der Waals surface area (Å²) in [7, 11) is 1.27. The van der Waals surface area contributed by atoms with Crippen LogP contribution in [0.4, 0.5) is 5.69 Å². The Morgan fingerprint density at radius 1 is 1.40 bits per heavy atom. The predicted molar refractivity (Wildman–Crippen MR) is 86.5 cm³/mol. The van der Waals surface area contributed by atoms with Crippen LogP contribution in [0.15, 0.2) is 18.2 Å². The summed E-state index contributed by atoms with van der Waals surface area (Å²) >= 11 is 5.81. The first kappa shape index (κ1) is 20.3. The largest absolute Gasteiger partial charge is 0.479 e. The summed E-state index contributed by atoms with van der Waals surface area (Å²) in [5.41, 5.74) is -2.59. The van der Waals surface area contributed by atoms with Crippen molar-refractivity contribution in [2.45, 2.75) is 12.5 Å². The van der Waals surface area contributed by atoms with E-state index in [0.29, 0.717) is 0 Å². The van der Waals surface area contributed by atoms with Crippen molar-refractivity contribution < 1.29 is 29.2 Å². The number of benzene rings is 1. The second-order valence-corrected chi connectivity index (χ2v) is 5.60. The Morgan fingerprint density at radius 2 is 2.04 bits per heavy atom. The van der Waals surface area contributed by atoms with Crippen molar-refractivity contribution in [3.63, 3.8) is 0 Å². The minimum Gasteiger partial charge on any atom is -0.479 e. The summed E-state index contributed by atoms with van der Waals surface area (Å²) < 4.78 is 4.75. The number of methoxy groups -OCH3 is 1. The molecular formula is C14H16ClN3O7. The second kappa shape index (κ2) is 8.40. The van der Waals surface area contributed by atoms with Crippen LogP contribution in [0.1, 0.15) is 17.3 Å². The van der Waals surface area contributed by atoms with Crippen molar-refractivity contribution in [3.05, 3.63) is 38.9 Å². The van der Waals surface area contributed by atoms with Crippen LogP contribution in [0.2, 0.25) is 5.02 Å². The maximum Gasteiger partial charge on any atom is 0.331 e. The van der Waals surface area contributed by atoms with E-state index in [1.54, 1.807) is 0 Å². The Morgan fingerprint density at radius 3 is 2.56 bits per heavy atom. The van der Waals surface area contributed by atoms with Crippen LogP contribution < -0.4 is 10.6 Å². The van der Waals surface area contributed by atoms with E-state index in [9.17, 15) is 24.5 Å². The molecule has 10 nitrogen and oxygen atoms in total. The number of carbonyl (C=O) groups is 3. The van der Waals surface area contributed by atoms with E-state index in [1.807, 2.05) is 0 Å². The molecule has 11 heteroatoms. The van der Waals surface area contributed by atoms with Crippen LogP contribution in [0.3, 0.4) is 0 Å². The number of nitro groups is 1. The molecule has 0 aliphatic rings. The lowest BCUT2D eigenvalue weighted by molar-refractivity contribution is -0.385. The molecule has 0 saturated heterocycles. The highest BCUT2D eigenvalue weighted by Crippen LogP contribution is 2.25. The number of ether oxygens (including phenoxy) is 1. The van der Waals surface area contributed by atoms with Gasteiger partial charge in [-0.2, -0.15) is 0 Å². The third-order valence-corrected chi connectivity index (χ3v) is 3.46. The number of nitrogens with one attached hydrogen (secondary N) is 2. The second-order valence-electron chi connectivity index (χ2n) is 5.19. The van der Waals surface area contributed by atoms with Crippen molar-refractivity contribution in [2.24, 2.45) is 0 Å². The Balaban J connectivity index is 2.82. The number of hydrogen-bond donors (Lipinski definition) is 3. The van der Waals surface area contributed by atoms with E-state index in [1.165, 1.54) is 26.2 Å². The quantitative estimate of drug-likeness (QED) is 0.446. The highest BCUT2D eigenvalue weighted by Gasteiger charge is 2.35. The van der Waals surface area contributed by atoms with Gasteiger partial charge in [-0.15, -0.1) is 0 Å². The molecule has 0 bridgehead atoms. The molecule has 2 amide bonds. The first-order valence-electron chi connectivity index (χ1n) is 6.87. The number of rotatable bonds is 8. The van der Waals surface area contributed by atoms with Gasteiger partial charge in [-0.25, -0.2) is 4.79 Å². The molecule has 25 heavy (non-hydrogen) atoms. The van der Waals surface area contributed by atoms with Crippen molar-refractivity contribution in [3.8, 4) is 0 Å². The summed E-state index contributed by atoms with van der Waals surface area (Å²) in [6, 6.07) is 3.71. The Labute approximate surface area is 147 Å². The number of carbonyl (C=O) groups excluding carboxylic acids is 2. The third kappa shape index (κ3) is 5.13. The molecule has 1 rings (SSSR count). The number of nitro benzene ring substituents is 1. The zero-order valence-corrected chi connectivity index (χ0v) is 14.1. The van der Waals surface area contributed by atoms with E-state index in [-0.39, 0.29) is 17.2 Å². The molecule has 0 heterocycles. The third-order valence-electron chi connectivity index (χ3n) is 3.15. The van der Waals surface area contributed by atoms with Crippen molar-refractivity contribution in [1.82, 2.24) is 10.6 Å². The molecule has 0 saturated carbocycles. The van der Waals surface area contributed by atoms with E-state index in [0.717, 1.165) is 6.07 Å². The number of halogens is 1. The van der Waals surface area contributed by atoms with Gasteiger partial charge in [-0.05, 0) is 13.0 Å². The van der Waals surface area contributed by atoms with Crippen LogP contribution in [0, 0.1) is 10.1 Å². The van der Waals surface area contributed by atoms with Crippen LogP contribution in [-0.4, -0.2) is 53.6 Å².